The minimum absolute atomic E-state index is 0.287. The minimum Gasteiger partial charge on any atom is -0.352 e. The fourth-order valence-electron chi connectivity index (χ4n) is 2.84. The van der Waals surface area contributed by atoms with Gasteiger partial charge in [-0.3, -0.25) is 24.1 Å². The molecule has 0 aromatic heterocycles. The van der Waals surface area contributed by atoms with Crippen LogP contribution in [0.3, 0.4) is 0 Å². The van der Waals surface area contributed by atoms with Gasteiger partial charge in [-0.1, -0.05) is 31.2 Å². The lowest BCUT2D eigenvalue weighted by molar-refractivity contribution is -0.116. The second-order valence-electron chi connectivity index (χ2n) is 6.09. The summed E-state index contributed by atoms with van der Waals surface area (Å²) in [6.45, 7) is 2.05. The monoisotopic (exact) mass is 365 g/mol. The first-order chi connectivity index (χ1) is 13.0. The average Bonchev–Trinajstić information content (AvgIpc) is 2.91. The third-order valence-electron chi connectivity index (χ3n) is 4.16. The zero-order chi connectivity index (χ0) is 19.4. The van der Waals surface area contributed by atoms with Gasteiger partial charge in [0, 0.05) is 6.54 Å². The van der Waals surface area contributed by atoms with E-state index >= 15 is 0 Å². The summed E-state index contributed by atoms with van der Waals surface area (Å²) in [4.78, 5) is 50.2. The molecular weight excluding hydrogens is 346 g/mol. The molecule has 1 aliphatic heterocycles. The Morgan fingerprint density at radius 2 is 1.52 bits per heavy atom. The molecule has 1 heterocycles. The van der Waals surface area contributed by atoms with Gasteiger partial charge in [-0.25, -0.2) is 0 Å². The number of carbonyl (C=O) groups is 4. The van der Waals surface area contributed by atoms with Gasteiger partial charge in [0.1, 0.15) is 6.54 Å². The van der Waals surface area contributed by atoms with Crippen LogP contribution in [0.2, 0.25) is 0 Å². The molecule has 2 N–H and O–H groups in total. The highest BCUT2D eigenvalue weighted by Crippen LogP contribution is 2.22. The lowest BCUT2D eigenvalue weighted by atomic mass is 10.1. The van der Waals surface area contributed by atoms with Crippen molar-refractivity contribution < 1.29 is 19.2 Å². The summed E-state index contributed by atoms with van der Waals surface area (Å²) in [6, 6.07) is 13.0. The Morgan fingerprint density at radius 1 is 0.926 bits per heavy atom. The molecule has 7 heteroatoms. The molecule has 0 saturated carbocycles. The molecule has 0 spiro atoms. The summed E-state index contributed by atoms with van der Waals surface area (Å²) >= 11 is 0. The molecule has 138 valence electrons. The summed E-state index contributed by atoms with van der Waals surface area (Å²) in [5.74, 6) is -1.85. The van der Waals surface area contributed by atoms with E-state index in [-0.39, 0.29) is 17.0 Å². The van der Waals surface area contributed by atoms with Gasteiger partial charge in [0.15, 0.2) is 0 Å². The van der Waals surface area contributed by atoms with Crippen molar-refractivity contribution in [3.63, 3.8) is 0 Å². The standard InChI is InChI=1S/C20H19N3O4/c1-2-11-21-18(25)15-9-5-6-10-16(15)22-17(24)12-23-19(26)13-7-3-4-8-14(13)20(23)27/h3-10H,2,11-12H2,1H3,(H,21,25)(H,22,24). The van der Waals surface area contributed by atoms with Gasteiger partial charge in [-0.2, -0.15) is 0 Å². The maximum Gasteiger partial charge on any atom is 0.262 e. The van der Waals surface area contributed by atoms with Crippen LogP contribution in [0.15, 0.2) is 48.5 Å². The van der Waals surface area contributed by atoms with E-state index in [1.165, 1.54) is 0 Å². The summed E-state index contributed by atoms with van der Waals surface area (Å²) < 4.78 is 0. The number of para-hydroxylation sites is 1. The summed E-state index contributed by atoms with van der Waals surface area (Å²) in [5, 5.41) is 5.37. The number of rotatable bonds is 6. The average molecular weight is 365 g/mol. The SMILES string of the molecule is CCCNC(=O)c1ccccc1NC(=O)CN1C(=O)c2ccccc2C1=O. The Bertz CT molecular complexity index is 888. The van der Waals surface area contributed by atoms with Crippen LogP contribution in [-0.2, 0) is 4.79 Å². The minimum atomic E-state index is -0.555. The molecule has 2 aromatic carbocycles. The van der Waals surface area contributed by atoms with Crippen LogP contribution in [-0.4, -0.2) is 41.6 Å². The quantitative estimate of drug-likeness (QED) is 0.766. The highest BCUT2D eigenvalue weighted by atomic mass is 16.2. The molecule has 0 aliphatic carbocycles. The highest BCUT2D eigenvalue weighted by molar-refractivity contribution is 6.22. The van der Waals surface area contributed by atoms with Crippen molar-refractivity contribution in [2.45, 2.75) is 13.3 Å². The van der Waals surface area contributed by atoms with Crippen LogP contribution < -0.4 is 10.6 Å². The molecule has 3 rings (SSSR count). The second kappa shape index (κ2) is 7.82. The number of fused-ring (bicyclic) bond motifs is 1. The zero-order valence-corrected chi connectivity index (χ0v) is 14.8. The maximum atomic E-state index is 12.4. The first-order valence-electron chi connectivity index (χ1n) is 8.65. The summed E-state index contributed by atoms with van der Waals surface area (Å²) in [7, 11) is 0. The molecule has 1 aliphatic rings. The summed E-state index contributed by atoms with van der Waals surface area (Å²) in [6.07, 6.45) is 0.792. The number of benzene rings is 2. The number of amides is 4. The molecule has 0 bridgehead atoms. The predicted molar refractivity (Wildman–Crippen MR) is 99.5 cm³/mol. The van der Waals surface area contributed by atoms with Crippen LogP contribution in [0.5, 0.6) is 0 Å². The Hall–Kier alpha value is -3.48. The highest BCUT2D eigenvalue weighted by Gasteiger charge is 2.36. The fraction of sp³-hybridized carbons (Fsp3) is 0.200. The fourth-order valence-corrected chi connectivity index (χ4v) is 2.84. The van der Waals surface area contributed by atoms with Gasteiger partial charge in [-0.15, -0.1) is 0 Å². The molecule has 0 atom stereocenters. The third-order valence-corrected chi connectivity index (χ3v) is 4.16. The Kier molecular flexibility index (Phi) is 5.30. The van der Waals surface area contributed by atoms with Crippen LogP contribution in [0.25, 0.3) is 0 Å². The number of nitrogens with zero attached hydrogens (tertiary/aromatic N) is 1. The number of imide groups is 1. The first kappa shape index (κ1) is 18.3. The number of anilines is 1. The molecule has 27 heavy (non-hydrogen) atoms. The van der Waals surface area contributed by atoms with Crippen LogP contribution in [0.4, 0.5) is 5.69 Å². The van der Waals surface area contributed by atoms with Gasteiger partial charge in [-0.05, 0) is 30.7 Å². The molecule has 0 radical (unpaired) electrons. The van der Waals surface area contributed by atoms with Crippen molar-refractivity contribution in [1.29, 1.82) is 0 Å². The van der Waals surface area contributed by atoms with Crippen LogP contribution in [0.1, 0.15) is 44.4 Å². The van der Waals surface area contributed by atoms with Crippen LogP contribution in [0, 0.1) is 0 Å². The molecular formula is C20H19N3O4. The van der Waals surface area contributed by atoms with Crippen molar-refractivity contribution in [3.05, 3.63) is 65.2 Å². The largest absolute Gasteiger partial charge is 0.352 e. The van der Waals surface area contributed by atoms with E-state index < -0.39 is 24.3 Å². The van der Waals surface area contributed by atoms with E-state index in [0.717, 1.165) is 11.3 Å². The molecule has 7 nitrogen and oxygen atoms in total. The molecule has 4 amide bonds. The smallest absolute Gasteiger partial charge is 0.262 e. The third kappa shape index (κ3) is 3.72. The van der Waals surface area contributed by atoms with Crippen molar-refractivity contribution in [3.8, 4) is 0 Å². The van der Waals surface area contributed by atoms with Gasteiger partial charge in [0.2, 0.25) is 5.91 Å². The van der Waals surface area contributed by atoms with Gasteiger partial charge in [0.05, 0.1) is 22.4 Å². The lowest BCUT2D eigenvalue weighted by Crippen LogP contribution is -2.37. The number of nitrogens with one attached hydrogen (secondary N) is 2. The normalized spacial score (nSPS) is 12.7. The van der Waals surface area contributed by atoms with Crippen LogP contribution >= 0.6 is 0 Å². The Balaban J connectivity index is 1.72. The first-order valence-corrected chi connectivity index (χ1v) is 8.65. The maximum absolute atomic E-state index is 12.4. The van der Waals surface area contributed by atoms with Crippen molar-refractivity contribution in [2.24, 2.45) is 0 Å². The second-order valence-corrected chi connectivity index (χ2v) is 6.09. The lowest BCUT2D eigenvalue weighted by Gasteiger charge is -2.15. The zero-order valence-electron chi connectivity index (χ0n) is 14.8. The topological polar surface area (TPSA) is 95.6 Å². The van der Waals surface area contributed by atoms with E-state index in [4.69, 9.17) is 0 Å². The number of hydrogen-bond donors (Lipinski definition) is 2. The Morgan fingerprint density at radius 3 is 2.15 bits per heavy atom. The molecule has 0 saturated heterocycles. The van der Waals surface area contributed by atoms with Gasteiger partial charge < -0.3 is 10.6 Å². The van der Waals surface area contributed by atoms with E-state index in [0.29, 0.717) is 17.8 Å². The van der Waals surface area contributed by atoms with E-state index in [1.807, 2.05) is 6.92 Å². The summed E-state index contributed by atoms with van der Waals surface area (Å²) in [5.41, 5.74) is 1.22. The van der Waals surface area contributed by atoms with Crippen molar-refractivity contribution in [1.82, 2.24) is 10.2 Å². The molecule has 0 unspecified atom stereocenters. The van der Waals surface area contributed by atoms with E-state index in [2.05, 4.69) is 10.6 Å². The number of carbonyl (C=O) groups excluding carboxylic acids is 4. The number of hydrogen-bond acceptors (Lipinski definition) is 4. The van der Waals surface area contributed by atoms with Crippen molar-refractivity contribution >= 4 is 29.3 Å². The molecule has 2 aromatic rings. The predicted octanol–water partition coefficient (Wildman–Crippen LogP) is 2.06. The van der Waals surface area contributed by atoms with Gasteiger partial charge in [0.25, 0.3) is 17.7 Å². The van der Waals surface area contributed by atoms with Gasteiger partial charge >= 0.3 is 0 Å². The van der Waals surface area contributed by atoms with E-state index in [1.54, 1.807) is 48.5 Å². The Labute approximate surface area is 156 Å². The van der Waals surface area contributed by atoms with Crippen molar-refractivity contribution in [2.75, 3.05) is 18.4 Å². The van der Waals surface area contributed by atoms with E-state index in [9.17, 15) is 19.2 Å². The molecule has 0 fully saturated rings.